The van der Waals surface area contributed by atoms with Gasteiger partial charge < -0.3 is 10.6 Å². The second-order valence-corrected chi connectivity index (χ2v) is 4.71. The fraction of sp³-hybridized carbons (Fsp3) is 0.667. The van der Waals surface area contributed by atoms with E-state index in [4.69, 9.17) is 0 Å². The lowest BCUT2D eigenvalue weighted by Crippen LogP contribution is -2.42. The summed E-state index contributed by atoms with van der Waals surface area (Å²) in [5.41, 5.74) is 0.878. The smallest absolute Gasteiger partial charge is 0.242 e. The van der Waals surface area contributed by atoms with E-state index < -0.39 is 0 Å². The van der Waals surface area contributed by atoms with Crippen molar-refractivity contribution in [3.05, 3.63) is 18.0 Å². The number of carbonyl (C=O) groups excluding carboxylic acids is 1. The largest absolute Gasteiger partial charge is 0.352 e. The highest BCUT2D eigenvalue weighted by Crippen LogP contribution is 2.12. The molecule has 17 heavy (non-hydrogen) atoms. The Labute approximate surface area is 103 Å². The Morgan fingerprint density at radius 1 is 1.41 bits per heavy atom. The van der Waals surface area contributed by atoms with Crippen LogP contribution in [0.15, 0.2) is 12.4 Å². The molecule has 0 fully saturated rings. The van der Waals surface area contributed by atoms with Crippen LogP contribution in [0.5, 0.6) is 0 Å². The zero-order chi connectivity index (χ0) is 13.0. The summed E-state index contributed by atoms with van der Waals surface area (Å²) in [6, 6.07) is -0.181. The quantitative estimate of drug-likeness (QED) is 0.799. The number of amides is 1. The van der Waals surface area contributed by atoms with Gasteiger partial charge in [0.25, 0.3) is 0 Å². The number of aromatic nitrogens is 2. The van der Waals surface area contributed by atoms with Gasteiger partial charge in [-0.25, -0.2) is 0 Å². The lowest BCUT2D eigenvalue weighted by molar-refractivity contribution is -0.124. The predicted octanol–water partition coefficient (Wildman–Crippen LogP) is 0.841. The summed E-state index contributed by atoms with van der Waals surface area (Å²) < 4.78 is 1.69. The summed E-state index contributed by atoms with van der Waals surface area (Å²) >= 11 is 0. The van der Waals surface area contributed by atoms with Crippen molar-refractivity contribution < 1.29 is 4.79 Å². The number of nitrogens with zero attached hydrogens (tertiary/aromatic N) is 2. The first-order valence-electron chi connectivity index (χ1n) is 5.92. The summed E-state index contributed by atoms with van der Waals surface area (Å²) in [5.74, 6) is 0.409. The van der Waals surface area contributed by atoms with Gasteiger partial charge in [0.1, 0.15) is 6.04 Å². The van der Waals surface area contributed by atoms with Crippen molar-refractivity contribution in [3.8, 4) is 0 Å². The van der Waals surface area contributed by atoms with Crippen LogP contribution >= 0.6 is 0 Å². The molecule has 0 saturated heterocycles. The molecular weight excluding hydrogens is 216 g/mol. The fourth-order valence-corrected chi connectivity index (χ4v) is 1.51. The van der Waals surface area contributed by atoms with Gasteiger partial charge >= 0.3 is 0 Å². The number of nitrogens with one attached hydrogen (secondary N) is 2. The maximum absolute atomic E-state index is 12.1. The second kappa shape index (κ2) is 5.82. The van der Waals surface area contributed by atoms with E-state index in [1.165, 1.54) is 0 Å². The van der Waals surface area contributed by atoms with Gasteiger partial charge in [0, 0.05) is 24.8 Å². The molecular formula is C12H22N4O. The molecule has 5 heteroatoms. The van der Waals surface area contributed by atoms with Gasteiger partial charge in [0.2, 0.25) is 5.91 Å². The molecule has 0 bridgehead atoms. The average Bonchev–Trinajstić information content (AvgIpc) is 2.65. The number of carbonyl (C=O) groups is 1. The lowest BCUT2D eigenvalue weighted by Gasteiger charge is -2.21. The molecule has 1 aromatic heterocycles. The summed E-state index contributed by atoms with van der Waals surface area (Å²) in [4.78, 5) is 12.1. The van der Waals surface area contributed by atoms with Crippen LogP contribution in [0.2, 0.25) is 0 Å². The van der Waals surface area contributed by atoms with Gasteiger partial charge in [-0.15, -0.1) is 0 Å². The highest BCUT2D eigenvalue weighted by molar-refractivity contribution is 5.83. The number of rotatable bonds is 5. The summed E-state index contributed by atoms with van der Waals surface area (Å²) in [6.07, 6.45) is 3.56. The van der Waals surface area contributed by atoms with Crippen LogP contribution in [0.25, 0.3) is 0 Å². The number of aryl methyl sites for hydroxylation is 1. The van der Waals surface area contributed by atoms with E-state index in [1.807, 2.05) is 20.2 Å². The Morgan fingerprint density at radius 2 is 2.06 bits per heavy atom. The molecule has 0 aromatic carbocycles. The Hall–Kier alpha value is -1.36. The minimum Gasteiger partial charge on any atom is -0.352 e. The maximum atomic E-state index is 12.1. The second-order valence-electron chi connectivity index (χ2n) is 4.71. The first-order chi connectivity index (χ1) is 7.95. The summed E-state index contributed by atoms with van der Waals surface area (Å²) in [5, 5.41) is 10.1. The summed E-state index contributed by atoms with van der Waals surface area (Å²) in [6.45, 7) is 6.19. The maximum Gasteiger partial charge on any atom is 0.242 e. The average molecular weight is 238 g/mol. The molecule has 0 aliphatic heterocycles. The minimum absolute atomic E-state index is 0.0123. The van der Waals surface area contributed by atoms with E-state index >= 15 is 0 Å². The minimum atomic E-state index is -0.343. The third-order valence-corrected chi connectivity index (χ3v) is 2.98. The van der Waals surface area contributed by atoms with Crippen LogP contribution < -0.4 is 10.6 Å². The molecule has 0 aliphatic rings. The van der Waals surface area contributed by atoms with Crippen LogP contribution in [0.3, 0.4) is 0 Å². The normalized spacial score (nSPS) is 14.7. The van der Waals surface area contributed by atoms with Gasteiger partial charge in [-0.05, 0) is 19.9 Å². The molecule has 1 heterocycles. The first kappa shape index (κ1) is 13.7. The molecule has 0 saturated carbocycles. The van der Waals surface area contributed by atoms with Crippen LogP contribution in [0, 0.1) is 5.92 Å². The van der Waals surface area contributed by atoms with Crippen molar-refractivity contribution >= 4 is 5.91 Å². The van der Waals surface area contributed by atoms with E-state index in [0.717, 1.165) is 5.56 Å². The van der Waals surface area contributed by atoms with Gasteiger partial charge in [-0.1, -0.05) is 13.8 Å². The Bertz CT molecular complexity index is 372. The van der Waals surface area contributed by atoms with Gasteiger partial charge in [0.05, 0.1) is 6.20 Å². The number of hydrogen-bond donors (Lipinski definition) is 2. The molecule has 1 amide bonds. The lowest BCUT2D eigenvalue weighted by atomic mass is 10.0. The summed E-state index contributed by atoms with van der Waals surface area (Å²) in [7, 11) is 3.61. The van der Waals surface area contributed by atoms with Crippen molar-refractivity contribution in [2.75, 3.05) is 7.05 Å². The van der Waals surface area contributed by atoms with Crippen molar-refractivity contribution in [2.45, 2.75) is 32.9 Å². The monoisotopic (exact) mass is 238 g/mol. The molecule has 0 aliphatic carbocycles. The van der Waals surface area contributed by atoms with Crippen LogP contribution in [0.4, 0.5) is 0 Å². The van der Waals surface area contributed by atoms with Gasteiger partial charge in [0.15, 0.2) is 0 Å². The van der Waals surface area contributed by atoms with E-state index in [2.05, 4.69) is 29.6 Å². The zero-order valence-corrected chi connectivity index (χ0v) is 11.2. The number of hydrogen-bond acceptors (Lipinski definition) is 3. The third kappa shape index (κ3) is 3.56. The molecule has 2 atom stereocenters. The number of likely N-dealkylation sites (N-methyl/N-ethyl adjacent to an activating group) is 1. The molecule has 1 rings (SSSR count). The van der Waals surface area contributed by atoms with E-state index in [0.29, 0.717) is 5.92 Å². The fourth-order valence-electron chi connectivity index (χ4n) is 1.51. The van der Waals surface area contributed by atoms with Crippen LogP contribution in [0.1, 0.15) is 32.4 Å². The van der Waals surface area contributed by atoms with Gasteiger partial charge in [-0.2, -0.15) is 5.10 Å². The highest BCUT2D eigenvalue weighted by Gasteiger charge is 2.22. The SMILES string of the molecule is CNC(C(=O)NC(C)C(C)C)c1cnn(C)c1. The Morgan fingerprint density at radius 3 is 2.47 bits per heavy atom. The van der Waals surface area contributed by atoms with E-state index in [1.54, 1.807) is 17.9 Å². The molecule has 1 aromatic rings. The standard InChI is InChI=1S/C12H22N4O/c1-8(2)9(3)15-12(17)11(13-4)10-6-14-16(5)7-10/h6-9,11,13H,1-5H3,(H,15,17). The van der Waals surface area contributed by atoms with E-state index in [-0.39, 0.29) is 18.0 Å². The van der Waals surface area contributed by atoms with Gasteiger partial charge in [-0.3, -0.25) is 9.48 Å². The topological polar surface area (TPSA) is 59.0 Å². The first-order valence-corrected chi connectivity index (χ1v) is 5.92. The van der Waals surface area contributed by atoms with E-state index in [9.17, 15) is 4.79 Å². The molecule has 2 N–H and O–H groups in total. The van der Waals surface area contributed by atoms with Crippen LogP contribution in [-0.4, -0.2) is 28.8 Å². The van der Waals surface area contributed by atoms with Crippen LogP contribution in [-0.2, 0) is 11.8 Å². The zero-order valence-electron chi connectivity index (χ0n) is 11.2. The van der Waals surface area contributed by atoms with Crippen molar-refractivity contribution in [1.29, 1.82) is 0 Å². The molecule has 96 valence electrons. The molecule has 0 radical (unpaired) electrons. The van der Waals surface area contributed by atoms with Crippen molar-refractivity contribution in [2.24, 2.45) is 13.0 Å². The predicted molar refractivity (Wildman–Crippen MR) is 67.5 cm³/mol. The Kier molecular flexibility index (Phi) is 4.69. The third-order valence-electron chi connectivity index (χ3n) is 2.98. The highest BCUT2D eigenvalue weighted by atomic mass is 16.2. The molecule has 0 spiro atoms. The van der Waals surface area contributed by atoms with Crippen molar-refractivity contribution in [3.63, 3.8) is 0 Å². The molecule has 5 nitrogen and oxygen atoms in total. The molecule has 2 unspecified atom stereocenters. The van der Waals surface area contributed by atoms with Crippen molar-refractivity contribution in [1.82, 2.24) is 20.4 Å². The Balaban J connectivity index is 2.71.